The van der Waals surface area contributed by atoms with Gasteiger partial charge in [0.25, 0.3) is 0 Å². The third kappa shape index (κ3) is 4.69. The molecule has 4 rings (SSSR count). The van der Waals surface area contributed by atoms with Crippen molar-refractivity contribution in [3.63, 3.8) is 0 Å². The summed E-state index contributed by atoms with van der Waals surface area (Å²) in [6.45, 7) is 5.46. The lowest BCUT2D eigenvalue weighted by molar-refractivity contribution is -0.220. The van der Waals surface area contributed by atoms with Crippen LogP contribution >= 0.6 is 0 Å². The highest BCUT2D eigenvalue weighted by atomic mass is 16.6. The molecule has 1 aliphatic heterocycles. The van der Waals surface area contributed by atoms with Gasteiger partial charge in [0.05, 0.1) is 20.3 Å². The molecule has 0 saturated carbocycles. The van der Waals surface area contributed by atoms with Crippen molar-refractivity contribution in [1.29, 1.82) is 0 Å². The van der Waals surface area contributed by atoms with E-state index in [9.17, 15) is 4.79 Å². The molecule has 3 aromatic rings. The van der Waals surface area contributed by atoms with Crippen molar-refractivity contribution >= 4 is 5.97 Å². The third-order valence-corrected chi connectivity index (χ3v) is 5.89. The summed E-state index contributed by atoms with van der Waals surface area (Å²) in [6, 6.07) is 22.6. The zero-order valence-electron chi connectivity index (χ0n) is 18.7. The molecular formula is C27H28O5. The van der Waals surface area contributed by atoms with Gasteiger partial charge in [-0.2, -0.15) is 0 Å². The highest BCUT2D eigenvalue weighted by Gasteiger charge is 2.42. The molecule has 0 aromatic heterocycles. The second-order valence-corrected chi connectivity index (χ2v) is 8.13. The highest BCUT2D eigenvalue weighted by Crippen LogP contribution is 2.35. The van der Waals surface area contributed by atoms with Gasteiger partial charge in [0.2, 0.25) is 0 Å². The van der Waals surface area contributed by atoms with Crippen LogP contribution in [0, 0.1) is 13.8 Å². The van der Waals surface area contributed by atoms with Gasteiger partial charge in [0.1, 0.15) is 24.6 Å². The van der Waals surface area contributed by atoms with E-state index in [-0.39, 0.29) is 6.61 Å². The predicted octanol–water partition coefficient (Wildman–Crippen LogP) is 4.96. The van der Waals surface area contributed by atoms with Crippen LogP contribution in [0.3, 0.4) is 0 Å². The van der Waals surface area contributed by atoms with Crippen molar-refractivity contribution < 1.29 is 23.7 Å². The fraction of sp³-hybridized carbons (Fsp3) is 0.296. The van der Waals surface area contributed by atoms with Gasteiger partial charge in [-0.25, -0.2) is 4.79 Å². The van der Waals surface area contributed by atoms with Crippen molar-refractivity contribution in [3.05, 3.63) is 89.0 Å². The quantitative estimate of drug-likeness (QED) is 0.471. The van der Waals surface area contributed by atoms with Crippen LogP contribution in [-0.4, -0.2) is 32.9 Å². The smallest absolute Gasteiger partial charge is 0.331 e. The molecule has 0 unspecified atom stereocenters. The van der Waals surface area contributed by atoms with Gasteiger partial charge < -0.3 is 18.9 Å². The van der Waals surface area contributed by atoms with Crippen LogP contribution in [0.4, 0.5) is 0 Å². The van der Waals surface area contributed by atoms with E-state index in [2.05, 4.69) is 61.0 Å². The Morgan fingerprint density at radius 1 is 0.938 bits per heavy atom. The Morgan fingerprint density at radius 2 is 1.66 bits per heavy atom. The van der Waals surface area contributed by atoms with E-state index in [4.69, 9.17) is 14.2 Å². The summed E-state index contributed by atoms with van der Waals surface area (Å²) in [6.07, 6.45) is 0. The van der Waals surface area contributed by atoms with Crippen LogP contribution < -0.4 is 4.74 Å². The van der Waals surface area contributed by atoms with E-state index in [1.807, 2.05) is 24.3 Å². The van der Waals surface area contributed by atoms with Crippen molar-refractivity contribution in [1.82, 2.24) is 0 Å². The summed E-state index contributed by atoms with van der Waals surface area (Å²) in [4.78, 5) is 11.4. The predicted molar refractivity (Wildman–Crippen MR) is 123 cm³/mol. The first kappa shape index (κ1) is 22.1. The van der Waals surface area contributed by atoms with E-state index in [1.54, 1.807) is 0 Å². The van der Waals surface area contributed by atoms with Gasteiger partial charge in [0.15, 0.2) is 0 Å². The summed E-state index contributed by atoms with van der Waals surface area (Å²) in [5.74, 6) is 0.370. The SMILES string of the molecule is COC(=O)COC1(c2ccc(OCc3ccc(C)c(-c4ccccc4C)c3)cc2)COC1. The van der Waals surface area contributed by atoms with Gasteiger partial charge in [-0.1, -0.05) is 48.5 Å². The van der Waals surface area contributed by atoms with Crippen LogP contribution in [0.25, 0.3) is 11.1 Å². The van der Waals surface area contributed by atoms with Crippen molar-refractivity contribution in [2.45, 2.75) is 26.1 Å². The number of carbonyl (C=O) groups is 1. The topological polar surface area (TPSA) is 54.0 Å². The van der Waals surface area contributed by atoms with E-state index in [0.717, 1.165) is 16.9 Å². The fourth-order valence-corrected chi connectivity index (χ4v) is 3.82. The van der Waals surface area contributed by atoms with Crippen LogP contribution in [0.5, 0.6) is 5.75 Å². The Hall–Kier alpha value is -3.15. The lowest BCUT2D eigenvalue weighted by Gasteiger charge is -2.41. The number of hydrogen-bond acceptors (Lipinski definition) is 5. The molecule has 3 aromatic carbocycles. The first-order valence-corrected chi connectivity index (χ1v) is 10.7. The summed E-state index contributed by atoms with van der Waals surface area (Å²) < 4.78 is 21.9. The zero-order chi connectivity index (χ0) is 22.6. The van der Waals surface area contributed by atoms with Crippen LogP contribution in [-0.2, 0) is 31.2 Å². The van der Waals surface area contributed by atoms with Gasteiger partial charge in [-0.15, -0.1) is 0 Å². The molecule has 0 aliphatic carbocycles. The van der Waals surface area contributed by atoms with Crippen molar-refractivity contribution in [2.24, 2.45) is 0 Å². The normalized spacial score (nSPS) is 14.5. The number of esters is 1. The van der Waals surface area contributed by atoms with Gasteiger partial charge in [-0.05, 0) is 65.4 Å². The Labute approximate surface area is 188 Å². The molecule has 0 atom stereocenters. The standard InChI is InChI=1S/C27H28O5/c1-19-6-4-5-7-24(19)25-14-21(9-8-20(25)2)15-31-23-12-10-22(11-13-23)27(17-30-18-27)32-16-26(28)29-3/h4-14H,15-18H2,1-3H3. The maximum atomic E-state index is 11.4. The second-order valence-electron chi connectivity index (χ2n) is 8.13. The van der Waals surface area contributed by atoms with E-state index >= 15 is 0 Å². The summed E-state index contributed by atoms with van der Waals surface area (Å²) >= 11 is 0. The summed E-state index contributed by atoms with van der Waals surface area (Å²) in [5.41, 5.74) is 6.44. The Bertz CT molecular complexity index is 1080. The zero-order valence-corrected chi connectivity index (χ0v) is 18.7. The van der Waals surface area contributed by atoms with Crippen LogP contribution in [0.15, 0.2) is 66.7 Å². The first-order chi connectivity index (χ1) is 15.5. The molecule has 0 N–H and O–H groups in total. The van der Waals surface area contributed by atoms with Gasteiger partial charge in [-0.3, -0.25) is 0 Å². The molecule has 5 heteroatoms. The summed E-state index contributed by atoms with van der Waals surface area (Å²) in [5, 5.41) is 0. The Kier molecular flexibility index (Phi) is 6.58. The van der Waals surface area contributed by atoms with Crippen LogP contribution in [0.2, 0.25) is 0 Å². The molecule has 1 aliphatic rings. The molecule has 0 spiro atoms. The molecule has 166 valence electrons. The van der Waals surface area contributed by atoms with E-state index in [1.165, 1.54) is 29.4 Å². The van der Waals surface area contributed by atoms with Crippen LogP contribution in [0.1, 0.15) is 22.3 Å². The molecule has 32 heavy (non-hydrogen) atoms. The lowest BCUT2D eigenvalue weighted by atomic mass is 9.91. The number of rotatable bonds is 8. The maximum absolute atomic E-state index is 11.4. The molecule has 0 bridgehead atoms. The molecule has 5 nitrogen and oxygen atoms in total. The number of ether oxygens (including phenoxy) is 4. The van der Waals surface area contributed by atoms with E-state index < -0.39 is 11.6 Å². The fourth-order valence-electron chi connectivity index (χ4n) is 3.82. The van der Waals surface area contributed by atoms with Crippen molar-refractivity contribution in [3.8, 4) is 16.9 Å². The minimum absolute atomic E-state index is 0.102. The number of hydrogen-bond donors (Lipinski definition) is 0. The maximum Gasteiger partial charge on any atom is 0.331 e. The monoisotopic (exact) mass is 432 g/mol. The average molecular weight is 433 g/mol. The number of carbonyl (C=O) groups excluding carboxylic acids is 1. The molecule has 0 radical (unpaired) electrons. The molecule has 1 heterocycles. The van der Waals surface area contributed by atoms with Gasteiger partial charge >= 0.3 is 5.97 Å². The number of methoxy groups -OCH3 is 1. The second kappa shape index (κ2) is 9.55. The van der Waals surface area contributed by atoms with E-state index in [0.29, 0.717) is 19.8 Å². The molecule has 1 saturated heterocycles. The number of benzene rings is 3. The third-order valence-electron chi connectivity index (χ3n) is 5.89. The molecular weight excluding hydrogens is 404 g/mol. The van der Waals surface area contributed by atoms with Gasteiger partial charge in [0, 0.05) is 0 Å². The highest BCUT2D eigenvalue weighted by molar-refractivity contribution is 5.71. The minimum atomic E-state index is -0.605. The first-order valence-electron chi connectivity index (χ1n) is 10.7. The molecule has 0 amide bonds. The summed E-state index contributed by atoms with van der Waals surface area (Å²) in [7, 11) is 1.35. The Balaban J connectivity index is 1.43. The largest absolute Gasteiger partial charge is 0.489 e. The average Bonchev–Trinajstić information content (AvgIpc) is 2.79. The minimum Gasteiger partial charge on any atom is -0.489 e. The van der Waals surface area contributed by atoms with Crippen molar-refractivity contribution in [2.75, 3.05) is 26.9 Å². The Morgan fingerprint density at radius 3 is 2.31 bits per heavy atom. The lowest BCUT2D eigenvalue weighted by Crippen LogP contribution is -2.49. The number of aryl methyl sites for hydroxylation is 2. The molecule has 1 fully saturated rings.